The summed E-state index contributed by atoms with van der Waals surface area (Å²) in [5, 5.41) is 17.3. The van der Waals surface area contributed by atoms with Gasteiger partial charge in [0.05, 0.1) is 6.54 Å². The summed E-state index contributed by atoms with van der Waals surface area (Å²) in [5.74, 6) is 0.222. The summed E-state index contributed by atoms with van der Waals surface area (Å²) >= 11 is 1.48. The number of nitrogens with zero attached hydrogens (tertiary/aromatic N) is 2. The second-order valence-electron chi connectivity index (χ2n) is 4.69. The number of nitrogens with one attached hydrogen (secondary N) is 1. The van der Waals surface area contributed by atoms with E-state index < -0.39 is 5.41 Å². The number of aromatic nitrogens is 1. The van der Waals surface area contributed by atoms with Gasteiger partial charge in [0, 0.05) is 11.6 Å². The van der Waals surface area contributed by atoms with Gasteiger partial charge in [0.1, 0.15) is 10.4 Å². The maximum Gasteiger partial charge on any atom is 0.234 e. The number of hydrogen-bond acceptors (Lipinski definition) is 5. The second kappa shape index (κ2) is 4.93. The molecule has 0 atom stereocenters. The van der Waals surface area contributed by atoms with Gasteiger partial charge in [0.25, 0.3) is 0 Å². The molecule has 0 aromatic carbocycles. The van der Waals surface area contributed by atoms with Crippen molar-refractivity contribution in [3.05, 3.63) is 16.6 Å². The molecule has 1 aliphatic rings. The third-order valence-electron chi connectivity index (χ3n) is 3.31. The third kappa shape index (κ3) is 2.17. The van der Waals surface area contributed by atoms with E-state index in [1.54, 1.807) is 6.20 Å². The molecule has 0 radical (unpaired) electrons. The van der Waals surface area contributed by atoms with Crippen molar-refractivity contribution in [3.8, 4) is 0 Å². The Bertz CT molecular complexity index is 452. The van der Waals surface area contributed by atoms with Gasteiger partial charge in [-0.1, -0.05) is 12.1 Å². The average molecular weight is 268 g/mol. The van der Waals surface area contributed by atoms with Crippen LogP contribution < -0.4 is 11.1 Å². The molecule has 2 rings (SSSR count). The summed E-state index contributed by atoms with van der Waals surface area (Å²) in [6, 6.07) is 0. The molecule has 98 valence electrons. The molecule has 1 amide bonds. The van der Waals surface area contributed by atoms with Crippen LogP contribution in [0.5, 0.6) is 0 Å². The Labute approximate surface area is 109 Å². The van der Waals surface area contributed by atoms with Crippen LogP contribution in [0, 0.1) is 11.3 Å². The maximum atomic E-state index is 12.2. The summed E-state index contributed by atoms with van der Waals surface area (Å²) in [6.45, 7) is 2.42. The molecule has 1 aromatic rings. The minimum atomic E-state index is -0.842. The first-order valence-electron chi connectivity index (χ1n) is 5.73. The van der Waals surface area contributed by atoms with Crippen molar-refractivity contribution in [1.82, 2.24) is 10.3 Å². The molecule has 0 aliphatic heterocycles. The largest absolute Gasteiger partial charge is 0.409 e. The van der Waals surface area contributed by atoms with Crippen molar-refractivity contribution in [2.75, 3.05) is 0 Å². The molecular formula is C11H16N4O2S. The molecule has 18 heavy (non-hydrogen) atoms. The Morgan fingerprint density at radius 2 is 2.50 bits per heavy atom. The maximum absolute atomic E-state index is 12.2. The number of oxime groups is 1. The lowest BCUT2D eigenvalue weighted by Crippen LogP contribution is -2.56. The van der Waals surface area contributed by atoms with E-state index in [1.807, 2.05) is 12.3 Å². The number of amides is 1. The Kier molecular flexibility index (Phi) is 3.51. The molecule has 1 aromatic heterocycles. The standard InChI is InChI=1S/C11H16N4O2S/c1-7-4-11(5-7,9(12)15-17)10(16)14-6-8-13-2-3-18-8/h2-3,7,17H,4-6H2,1H3,(H2,12,15)(H,14,16). The average Bonchev–Trinajstić information content (AvgIpc) is 2.83. The molecule has 0 unspecified atom stereocenters. The molecule has 1 saturated carbocycles. The van der Waals surface area contributed by atoms with E-state index in [1.165, 1.54) is 11.3 Å². The van der Waals surface area contributed by atoms with Crippen LogP contribution in [0.4, 0.5) is 0 Å². The van der Waals surface area contributed by atoms with E-state index in [0.29, 0.717) is 25.3 Å². The number of amidine groups is 1. The first-order valence-corrected chi connectivity index (χ1v) is 6.61. The first kappa shape index (κ1) is 12.8. The molecule has 6 nitrogen and oxygen atoms in total. The number of hydrogen-bond donors (Lipinski definition) is 3. The molecule has 1 aliphatic carbocycles. The SMILES string of the molecule is CC1CC(C(=O)NCc2nccs2)(/C(N)=N/O)C1. The molecule has 1 fully saturated rings. The summed E-state index contributed by atoms with van der Waals surface area (Å²) in [5.41, 5.74) is 4.81. The molecule has 0 spiro atoms. The van der Waals surface area contributed by atoms with Crippen LogP contribution in [0.1, 0.15) is 24.8 Å². The van der Waals surface area contributed by atoms with Gasteiger partial charge in [-0.2, -0.15) is 0 Å². The van der Waals surface area contributed by atoms with Crippen LogP contribution in [0.2, 0.25) is 0 Å². The predicted molar refractivity (Wildman–Crippen MR) is 68.2 cm³/mol. The Morgan fingerprint density at radius 1 is 1.78 bits per heavy atom. The van der Waals surface area contributed by atoms with Crippen molar-refractivity contribution in [3.63, 3.8) is 0 Å². The molecule has 4 N–H and O–H groups in total. The van der Waals surface area contributed by atoms with E-state index in [2.05, 4.69) is 15.5 Å². The highest BCUT2D eigenvalue weighted by Gasteiger charge is 2.52. The van der Waals surface area contributed by atoms with E-state index in [0.717, 1.165) is 5.01 Å². The summed E-state index contributed by atoms with van der Waals surface area (Å²) in [7, 11) is 0. The van der Waals surface area contributed by atoms with Crippen LogP contribution >= 0.6 is 11.3 Å². The van der Waals surface area contributed by atoms with Gasteiger partial charge < -0.3 is 16.3 Å². The number of nitrogens with two attached hydrogens (primary N) is 1. The highest BCUT2D eigenvalue weighted by atomic mass is 32.1. The lowest BCUT2D eigenvalue weighted by Gasteiger charge is -2.43. The summed E-state index contributed by atoms with van der Waals surface area (Å²) in [6.07, 6.45) is 2.93. The van der Waals surface area contributed by atoms with Gasteiger partial charge in [-0.15, -0.1) is 11.3 Å². The highest BCUT2D eigenvalue weighted by Crippen LogP contribution is 2.45. The Hall–Kier alpha value is -1.63. The Balaban J connectivity index is 2.01. The van der Waals surface area contributed by atoms with Gasteiger partial charge in [0.15, 0.2) is 5.84 Å². The van der Waals surface area contributed by atoms with Crippen molar-refractivity contribution < 1.29 is 10.0 Å². The van der Waals surface area contributed by atoms with Crippen molar-refractivity contribution in [2.24, 2.45) is 22.2 Å². The van der Waals surface area contributed by atoms with Gasteiger partial charge in [-0.3, -0.25) is 4.79 Å². The minimum absolute atomic E-state index is 0.00256. The number of carbonyl (C=O) groups is 1. The molecule has 7 heteroatoms. The zero-order valence-corrected chi connectivity index (χ0v) is 10.9. The van der Waals surface area contributed by atoms with Gasteiger partial charge in [0.2, 0.25) is 5.91 Å². The number of rotatable bonds is 4. The quantitative estimate of drug-likeness (QED) is 0.327. The van der Waals surface area contributed by atoms with Crippen LogP contribution in [-0.4, -0.2) is 21.9 Å². The smallest absolute Gasteiger partial charge is 0.234 e. The normalized spacial score (nSPS) is 27.6. The first-order chi connectivity index (χ1) is 8.58. The summed E-state index contributed by atoms with van der Waals surface area (Å²) < 4.78 is 0. The van der Waals surface area contributed by atoms with E-state index in [-0.39, 0.29) is 11.7 Å². The van der Waals surface area contributed by atoms with Crippen LogP contribution in [-0.2, 0) is 11.3 Å². The fourth-order valence-corrected chi connectivity index (χ4v) is 2.96. The van der Waals surface area contributed by atoms with Crippen molar-refractivity contribution in [2.45, 2.75) is 26.3 Å². The highest BCUT2D eigenvalue weighted by molar-refractivity contribution is 7.09. The van der Waals surface area contributed by atoms with Crippen LogP contribution in [0.15, 0.2) is 16.7 Å². The molecule has 1 heterocycles. The van der Waals surface area contributed by atoms with Gasteiger partial charge >= 0.3 is 0 Å². The van der Waals surface area contributed by atoms with E-state index in [9.17, 15) is 4.79 Å². The van der Waals surface area contributed by atoms with E-state index >= 15 is 0 Å². The molecule has 0 saturated heterocycles. The number of carbonyl (C=O) groups excluding carboxylic acids is 1. The van der Waals surface area contributed by atoms with Gasteiger partial charge in [-0.25, -0.2) is 4.98 Å². The molecule has 0 bridgehead atoms. The second-order valence-corrected chi connectivity index (χ2v) is 5.67. The number of thiazole rings is 1. The zero-order chi connectivity index (χ0) is 13.2. The lowest BCUT2D eigenvalue weighted by molar-refractivity contribution is -0.133. The van der Waals surface area contributed by atoms with Gasteiger partial charge in [-0.05, 0) is 18.8 Å². The van der Waals surface area contributed by atoms with Crippen LogP contribution in [0.3, 0.4) is 0 Å². The Morgan fingerprint density at radius 3 is 3.00 bits per heavy atom. The third-order valence-corrected chi connectivity index (χ3v) is 4.09. The summed E-state index contributed by atoms with van der Waals surface area (Å²) in [4.78, 5) is 16.3. The van der Waals surface area contributed by atoms with Crippen LogP contribution in [0.25, 0.3) is 0 Å². The van der Waals surface area contributed by atoms with Crippen molar-refractivity contribution in [1.29, 1.82) is 0 Å². The minimum Gasteiger partial charge on any atom is -0.409 e. The topological polar surface area (TPSA) is 101 Å². The predicted octanol–water partition coefficient (Wildman–Crippen LogP) is 0.922. The van der Waals surface area contributed by atoms with E-state index in [4.69, 9.17) is 10.9 Å². The fraction of sp³-hybridized carbons (Fsp3) is 0.545. The monoisotopic (exact) mass is 268 g/mol. The van der Waals surface area contributed by atoms with Crippen molar-refractivity contribution >= 4 is 23.1 Å². The lowest BCUT2D eigenvalue weighted by atomic mass is 9.61. The zero-order valence-electron chi connectivity index (χ0n) is 10.1. The molecular weight excluding hydrogens is 252 g/mol. The fourth-order valence-electron chi connectivity index (χ4n) is 2.40.